The summed E-state index contributed by atoms with van der Waals surface area (Å²) in [6, 6.07) is 6.24. The summed E-state index contributed by atoms with van der Waals surface area (Å²) < 4.78 is 10.4. The van der Waals surface area contributed by atoms with Crippen LogP contribution >= 0.6 is 0 Å². The SMILES string of the molecule is COCOc1cccc2c1CCCC2N. The van der Waals surface area contributed by atoms with E-state index in [2.05, 4.69) is 6.07 Å². The van der Waals surface area contributed by atoms with Gasteiger partial charge in [-0.15, -0.1) is 0 Å². The third-order valence-corrected chi connectivity index (χ3v) is 2.84. The van der Waals surface area contributed by atoms with Crippen molar-refractivity contribution in [2.75, 3.05) is 13.9 Å². The molecule has 1 aromatic carbocycles. The molecule has 0 radical (unpaired) electrons. The number of nitrogens with two attached hydrogens (primary N) is 1. The van der Waals surface area contributed by atoms with Gasteiger partial charge in [0.15, 0.2) is 6.79 Å². The third-order valence-electron chi connectivity index (χ3n) is 2.84. The van der Waals surface area contributed by atoms with Crippen LogP contribution in [0.3, 0.4) is 0 Å². The summed E-state index contributed by atoms with van der Waals surface area (Å²) in [5, 5.41) is 0. The molecule has 2 N–H and O–H groups in total. The lowest BCUT2D eigenvalue weighted by molar-refractivity contribution is 0.0502. The highest BCUT2D eigenvalue weighted by atomic mass is 16.7. The van der Waals surface area contributed by atoms with Crippen molar-refractivity contribution in [3.8, 4) is 5.75 Å². The van der Waals surface area contributed by atoms with Gasteiger partial charge in [-0.25, -0.2) is 0 Å². The van der Waals surface area contributed by atoms with Crippen LogP contribution in [0.1, 0.15) is 30.0 Å². The summed E-state index contributed by atoms with van der Waals surface area (Å²) >= 11 is 0. The van der Waals surface area contributed by atoms with Gasteiger partial charge in [0.05, 0.1) is 0 Å². The second kappa shape index (κ2) is 4.64. The van der Waals surface area contributed by atoms with Crippen LogP contribution in [0.5, 0.6) is 5.75 Å². The molecule has 1 atom stereocenters. The van der Waals surface area contributed by atoms with Crippen LogP contribution in [0, 0.1) is 0 Å². The van der Waals surface area contributed by atoms with Crippen LogP contribution in [0.15, 0.2) is 18.2 Å². The van der Waals surface area contributed by atoms with E-state index in [1.54, 1.807) is 7.11 Å². The van der Waals surface area contributed by atoms with Crippen molar-refractivity contribution in [2.24, 2.45) is 5.73 Å². The number of fused-ring (bicyclic) bond motifs is 1. The van der Waals surface area contributed by atoms with Gasteiger partial charge >= 0.3 is 0 Å². The molecular weight excluding hydrogens is 190 g/mol. The average molecular weight is 207 g/mol. The number of hydrogen-bond acceptors (Lipinski definition) is 3. The predicted molar refractivity (Wildman–Crippen MR) is 58.8 cm³/mol. The van der Waals surface area contributed by atoms with Crippen LogP contribution in [0.4, 0.5) is 0 Å². The van der Waals surface area contributed by atoms with Crippen LogP contribution in [0.2, 0.25) is 0 Å². The molecule has 0 fully saturated rings. The summed E-state index contributed by atoms with van der Waals surface area (Å²) in [5.74, 6) is 0.921. The van der Waals surface area contributed by atoms with E-state index in [4.69, 9.17) is 15.2 Å². The highest BCUT2D eigenvalue weighted by molar-refractivity contribution is 5.43. The van der Waals surface area contributed by atoms with Gasteiger partial charge < -0.3 is 15.2 Å². The molecule has 3 nitrogen and oxygen atoms in total. The summed E-state index contributed by atoms with van der Waals surface area (Å²) in [5.41, 5.74) is 8.55. The molecule has 0 saturated carbocycles. The van der Waals surface area contributed by atoms with Crippen molar-refractivity contribution < 1.29 is 9.47 Å². The molecule has 0 aliphatic heterocycles. The van der Waals surface area contributed by atoms with E-state index in [0.29, 0.717) is 6.79 Å². The minimum absolute atomic E-state index is 0.167. The highest BCUT2D eigenvalue weighted by Crippen LogP contribution is 2.33. The molecule has 0 aromatic heterocycles. The topological polar surface area (TPSA) is 44.5 Å². The van der Waals surface area contributed by atoms with Gasteiger partial charge in [-0.05, 0) is 36.5 Å². The first-order valence-electron chi connectivity index (χ1n) is 5.32. The van der Waals surface area contributed by atoms with E-state index in [-0.39, 0.29) is 6.04 Å². The lowest BCUT2D eigenvalue weighted by atomic mass is 9.88. The zero-order chi connectivity index (χ0) is 10.7. The molecule has 82 valence electrons. The van der Waals surface area contributed by atoms with Crippen LogP contribution < -0.4 is 10.5 Å². The lowest BCUT2D eigenvalue weighted by Gasteiger charge is -2.24. The quantitative estimate of drug-likeness (QED) is 0.771. The number of methoxy groups -OCH3 is 1. The largest absolute Gasteiger partial charge is 0.467 e. The Labute approximate surface area is 90.2 Å². The second-order valence-electron chi connectivity index (χ2n) is 3.87. The van der Waals surface area contributed by atoms with Crippen molar-refractivity contribution >= 4 is 0 Å². The van der Waals surface area contributed by atoms with Gasteiger partial charge in [-0.1, -0.05) is 12.1 Å². The van der Waals surface area contributed by atoms with Gasteiger partial charge in [0, 0.05) is 13.2 Å². The van der Waals surface area contributed by atoms with Crippen molar-refractivity contribution in [3.05, 3.63) is 29.3 Å². The Morgan fingerprint density at radius 3 is 3.13 bits per heavy atom. The van der Waals surface area contributed by atoms with E-state index < -0.39 is 0 Å². The number of rotatable bonds is 3. The Bertz CT molecular complexity index is 338. The fraction of sp³-hybridized carbons (Fsp3) is 0.500. The standard InChI is InChI=1S/C12H17NO2/c1-14-8-15-12-7-3-4-9-10(12)5-2-6-11(9)13/h3-4,7,11H,2,5-6,8,13H2,1H3. The van der Waals surface area contributed by atoms with E-state index in [1.807, 2.05) is 12.1 Å². The Morgan fingerprint density at radius 1 is 1.47 bits per heavy atom. The molecule has 1 aromatic rings. The van der Waals surface area contributed by atoms with Crippen molar-refractivity contribution in [1.29, 1.82) is 0 Å². The summed E-state index contributed by atoms with van der Waals surface area (Å²) in [6.45, 7) is 0.297. The maximum atomic E-state index is 6.06. The van der Waals surface area contributed by atoms with Gasteiger partial charge in [-0.3, -0.25) is 0 Å². The van der Waals surface area contributed by atoms with Crippen molar-refractivity contribution in [1.82, 2.24) is 0 Å². The lowest BCUT2D eigenvalue weighted by Crippen LogP contribution is -2.18. The first-order valence-corrected chi connectivity index (χ1v) is 5.32. The molecule has 0 heterocycles. The van der Waals surface area contributed by atoms with Crippen LogP contribution in [-0.4, -0.2) is 13.9 Å². The first-order chi connectivity index (χ1) is 7.33. The molecular formula is C12H17NO2. The Balaban J connectivity index is 2.27. The fourth-order valence-electron chi connectivity index (χ4n) is 2.11. The van der Waals surface area contributed by atoms with Gasteiger partial charge in [0.1, 0.15) is 5.75 Å². The fourth-order valence-corrected chi connectivity index (χ4v) is 2.11. The van der Waals surface area contributed by atoms with Gasteiger partial charge in [0.2, 0.25) is 0 Å². The maximum absolute atomic E-state index is 6.06. The molecule has 0 bridgehead atoms. The first kappa shape index (κ1) is 10.5. The van der Waals surface area contributed by atoms with Gasteiger partial charge in [0.25, 0.3) is 0 Å². The average Bonchev–Trinajstić information content (AvgIpc) is 2.27. The zero-order valence-corrected chi connectivity index (χ0v) is 9.03. The molecule has 3 heteroatoms. The number of hydrogen-bond donors (Lipinski definition) is 1. The molecule has 0 amide bonds. The molecule has 1 aliphatic rings. The zero-order valence-electron chi connectivity index (χ0n) is 9.03. The molecule has 0 saturated heterocycles. The van der Waals surface area contributed by atoms with Gasteiger partial charge in [-0.2, -0.15) is 0 Å². The molecule has 1 unspecified atom stereocenters. The smallest absolute Gasteiger partial charge is 0.188 e. The maximum Gasteiger partial charge on any atom is 0.188 e. The normalized spacial score (nSPS) is 19.7. The van der Waals surface area contributed by atoms with Crippen molar-refractivity contribution in [3.63, 3.8) is 0 Å². The summed E-state index contributed by atoms with van der Waals surface area (Å²) in [7, 11) is 1.63. The Hall–Kier alpha value is -1.06. The van der Waals surface area contributed by atoms with Crippen molar-refractivity contribution in [2.45, 2.75) is 25.3 Å². The van der Waals surface area contributed by atoms with Crippen LogP contribution in [-0.2, 0) is 11.2 Å². The molecule has 0 spiro atoms. The minimum atomic E-state index is 0.167. The Morgan fingerprint density at radius 2 is 2.33 bits per heavy atom. The number of ether oxygens (including phenoxy) is 2. The molecule has 15 heavy (non-hydrogen) atoms. The summed E-state index contributed by atoms with van der Waals surface area (Å²) in [4.78, 5) is 0. The van der Waals surface area contributed by atoms with E-state index in [1.165, 1.54) is 11.1 Å². The van der Waals surface area contributed by atoms with Crippen LogP contribution in [0.25, 0.3) is 0 Å². The highest BCUT2D eigenvalue weighted by Gasteiger charge is 2.19. The minimum Gasteiger partial charge on any atom is -0.467 e. The van der Waals surface area contributed by atoms with E-state index >= 15 is 0 Å². The Kier molecular flexibility index (Phi) is 3.23. The number of benzene rings is 1. The summed E-state index contributed by atoms with van der Waals surface area (Å²) in [6.07, 6.45) is 3.27. The van der Waals surface area contributed by atoms with E-state index in [9.17, 15) is 0 Å². The van der Waals surface area contributed by atoms with E-state index in [0.717, 1.165) is 25.0 Å². The molecule has 1 aliphatic carbocycles. The molecule has 2 rings (SSSR count). The second-order valence-corrected chi connectivity index (χ2v) is 3.87. The third kappa shape index (κ3) is 2.13. The predicted octanol–water partition coefficient (Wildman–Crippen LogP) is 2.01. The monoisotopic (exact) mass is 207 g/mol.